The molecule has 0 radical (unpaired) electrons. The molecule has 0 unspecified atom stereocenters. The van der Waals surface area contributed by atoms with Crippen LogP contribution in [0.1, 0.15) is 20.3 Å². The van der Waals surface area contributed by atoms with E-state index in [0.29, 0.717) is 11.7 Å². The van der Waals surface area contributed by atoms with Crippen molar-refractivity contribution >= 4 is 24.9 Å². The minimum absolute atomic E-state index is 0.0693. The summed E-state index contributed by atoms with van der Waals surface area (Å²) in [6.07, 6.45) is 8.45. The second-order valence-corrected chi connectivity index (χ2v) is 11.5. The van der Waals surface area contributed by atoms with Gasteiger partial charge in [-0.15, -0.1) is 13.2 Å². The smallest absolute Gasteiger partial charge is 0.222 e. The van der Waals surface area contributed by atoms with E-state index in [0.717, 1.165) is 12.6 Å². The molecule has 0 spiro atoms. The summed E-state index contributed by atoms with van der Waals surface area (Å²) in [6.45, 7) is 10.6. The molecule has 134 valence electrons. The molecule has 0 aromatic rings. The number of hydrogen-bond acceptors (Lipinski definition) is 5. The maximum Gasteiger partial charge on any atom is 0.222 e. The van der Waals surface area contributed by atoms with Gasteiger partial charge in [0, 0.05) is 19.0 Å². The first-order valence-electron chi connectivity index (χ1n) is 8.11. The van der Waals surface area contributed by atoms with Crippen LogP contribution < -0.4 is 5.32 Å². The predicted octanol–water partition coefficient (Wildman–Crippen LogP) is 1.64. The van der Waals surface area contributed by atoms with Crippen LogP contribution >= 0.6 is 6.89 Å². The van der Waals surface area contributed by atoms with Gasteiger partial charge in [-0.25, -0.2) is 4.99 Å². The first-order valence-corrected chi connectivity index (χ1v) is 11.2. The normalized spacial score (nSPS) is 30.5. The maximum absolute atomic E-state index is 11.1. The fourth-order valence-electron chi connectivity index (χ4n) is 2.88. The SMILES string of the molecule is C=C1N=C(NC(C)=O)C=CN1[C@@H]1O[C@H](CCP(=C)(C)C)[C@@H](O)[C@H]1C. The van der Waals surface area contributed by atoms with Gasteiger partial charge in [-0.2, -0.15) is 0 Å². The zero-order valence-electron chi connectivity index (χ0n) is 14.9. The molecule has 0 saturated carbocycles. The molecule has 2 rings (SSSR count). The van der Waals surface area contributed by atoms with Gasteiger partial charge in [0.2, 0.25) is 5.91 Å². The Hall–Kier alpha value is -1.36. The Kier molecular flexibility index (Phi) is 5.74. The van der Waals surface area contributed by atoms with Crippen molar-refractivity contribution in [2.45, 2.75) is 38.7 Å². The van der Waals surface area contributed by atoms with Gasteiger partial charge in [0.05, 0.1) is 12.2 Å². The van der Waals surface area contributed by atoms with Crippen molar-refractivity contribution in [1.82, 2.24) is 10.2 Å². The minimum Gasteiger partial charge on any atom is -0.390 e. The van der Waals surface area contributed by atoms with Gasteiger partial charge in [-0.1, -0.05) is 13.5 Å². The summed E-state index contributed by atoms with van der Waals surface area (Å²) < 4.78 is 6.10. The standard InChI is InChI=1S/C17H28N3O3P/c1-11-16(22)14(8-10-24(4,5)6)23-17(11)20-9-7-15(18-12(20)2)19-13(3)21/h7,9,11,14,16-17,22H,2,4,8,10H2,1,3,5-6H3,(H,18,19,21)/t11-,14-,16+,17-/m1/s1. The van der Waals surface area contributed by atoms with Crippen LogP contribution in [-0.4, -0.2) is 66.0 Å². The molecule has 1 fully saturated rings. The van der Waals surface area contributed by atoms with Crippen molar-refractivity contribution in [2.75, 3.05) is 19.5 Å². The summed E-state index contributed by atoms with van der Waals surface area (Å²) in [5.41, 5.74) is 0. The van der Waals surface area contributed by atoms with Gasteiger partial charge in [-0.05, 0) is 32.0 Å². The Bertz CT molecular complexity index is 623. The van der Waals surface area contributed by atoms with E-state index in [1.54, 1.807) is 12.3 Å². The van der Waals surface area contributed by atoms with E-state index in [9.17, 15) is 9.90 Å². The summed E-state index contributed by atoms with van der Waals surface area (Å²) in [7, 11) is 0. The fraction of sp³-hybridized carbons (Fsp3) is 0.588. The number of amides is 1. The number of aliphatic hydroxyl groups is 1. The molecule has 6 nitrogen and oxygen atoms in total. The van der Waals surface area contributed by atoms with E-state index in [1.807, 2.05) is 11.8 Å². The van der Waals surface area contributed by atoms with E-state index >= 15 is 0 Å². The van der Waals surface area contributed by atoms with Gasteiger partial charge in [0.15, 0.2) is 0 Å². The van der Waals surface area contributed by atoms with Crippen LogP contribution in [0.2, 0.25) is 0 Å². The number of carbonyl (C=O) groups excluding carboxylic acids is 1. The number of ether oxygens (including phenoxy) is 1. The number of nitrogens with one attached hydrogen (secondary N) is 1. The van der Waals surface area contributed by atoms with Crippen molar-refractivity contribution in [2.24, 2.45) is 10.9 Å². The summed E-state index contributed by atoms with van der Waals surface area (Å²) in [5, 5.41) is 13.1. The molecule has 1 amide bonds. The van der Waals surface area contributed by atoms with E-state index in [2.05, 4.69) is 36.5 Å². The largest absolute Gasteiger partial charge is 0.390 e. The molecule has 2 heterocycles. The third kappa shape index (κ3) is 4.59. The zero-order valence-corrected chi connectivity index (χ0v) is 15.8. The van der Waals surface area contributed by atoms with E-state index in [4.69, 9.17) is 4.74 Å². The van der Waals surface area contributed by atoms with Crippen molar-refractivity contribution in [3.63, 3.8) is 0 Å². The quantitative estimate of drug-likeness (QED) is 0.754. The first-order chi connectivity index (χ1) is 11.1. The van der Waals surface area contributed by atoms with Gasteiger partial charge in [0.1, 0.15) is 17.9 Å². The highest BCUT2D eigenvalue weighted by Crippen LogP contribution is 2.40. The third-order valence-electron chi connectivity index (χ3n) is 4.22. The molecule has 2 N–H and O–H groups in total. The Balaban J connectivity index is 2.04. The van der Waals surface area contributed by atoms with Crippen molar-refractivity contribution < 1.29 is 14.6 Å². The van der Waals surface area contributed by atoms with E-state index < -0.39 is 13.0 Å². The summed E-state index contributed by atoms with van der Waals surface area (Å²) in [5.74, 6) is 0.686. The van der Waals surface area contributed by atoms with Crippen LogP contribution in [0.15, 0.2) is 29.7 Å². The summed E-state index contributed by atoms with van der Waals surface area (Å²) in [6, 6.07) is 0. The van der Waals surface area contributed by atoms with Crippen molar-refractivity contribution in [3.05, 3.63) is 24.7 Å². The number of aliphatic hydroxyl groups excluding tert-OH is 1. The third-order valence-corrected chi connectivity index (χ3v) is 5.69. The number of carbonyl (C=O) groups is 1. The molecule has 0 aliphatic carbocycles. The first kappa shape index (κ1) is 19.0. The number of rotatable bonds is 4. The van der Waals surface area contributed by atoms with Crippen LogP contribution in [0.5, 0.6) is 0 Å². The zero-order chi connectivity index (χ0) is 18.1. The van der Waals surface area contributed by atoms with Gasteiger partial charge >= 0.3 is 0 Å². The fourth-order valence-corrected chi connectivity index (χ4v) is 3.83. The van der Waals surface area contributed by atoms with Crippen LogP contribution in [-0.2, 0) is 9.53 Å². The topological polar surface area (TPSA) is 74.2 Å². The van der Waals surface area contributed by atoms with Crippen LogP contribution in [0.3, 0.4) is 0 Å². The Morgan fingerprint density at radius 1 is 1.54 bits per heavy atom. The van der Waals surface area contributed by atoms with Crippen LogP contribution in [0.4, 0.5) is 0 Å². The van der Waals surface area contributed by atoms with E-state index in [1.165, 1.54) is 6.92 Å². The lowest BCUT2D eigenvalue weighted by Gasteiger charge is -2.31. The lowest BCUT2D eigenvalue weighted by molar-refractivity contribution is -0.117. The Morgan fingerprint density at radius 2 is 2.21 bits per heavy atom. The molecule has 2 aliphatic rings. The molecule has 1 saturated heterocycles. The van der Waals surface area contributed by atoms with Gasteiger partial charge in [-0.3, -0.25) is 4.79 Å². The summed E-state index contributed by atoms with van der Waals surface area (Å²) in [4.78, 5) is 17.2. The highest BCUT2D eigenvalue weighted by Gasteiger charge is 2.43. The molecule has 7 heteroatoms. The van der Waals surface area contributed by atoms with Gasteiger partial charge < -0.3 is 20.1 Å². The summed E-state index contributed by atoms with van der Waals surface area (Å²) >= 11 is 0. The molecule has 0 bridgehead atoms. The number of nitrogens with zero attached hydrogens (tertiary/aromatic N) is 2. The second kappa shape index (κ2) is 7.26. The van der Waals surface area contributed by atoms with Crippen molar-refractivity contribution in [1.29, 1.82) is 0 Å². The van der Waals surface area contributed by atoms with E-state index in [-0.39, 0.29) is 24.2 Å². The Labute approximate surface area is 144 Å². The molecule has 4 atom stereocenters. The average Bonchev–Trinajstić information content (AvgIpc) is 2.72. The molecule has 0 aromatic carbocycles. The number of amidine groups is 1. The lowest BCUT2D eigenvalue weighted by atomic mass is 10.00. The highest BCUT2D eigenvalue weighted by atomic mass is 31.2. The molecular weight excluding hydrogens is 325 g/mol. The maximum atomic E-state index is 11.1. The second-order valence-electron chi connectivity index (χ2n) is 7.18. The average molecular weight is 353 g/mol. The van der Waals surface area contributed by atoms with Crippen LogP contribution in [0.25, 0.3) is 0 Å². The Morgan fingerprint density at radius 3 is 2.75 bits per heavy atom. The highest BCUT2D eigenvalue weighted by molar-refractivity contribution is 7.72. The van der Waals surface area contributed by atoms with Gasteiger partial charge in [0.25, 0.3) is 0 Å². The minimum atomic E-state index is -1.15. The van der Waals surface area contributed by atoms with Crippen LogP contribution in [0, 0.1) is 5.92 Å². The number of aliphatic imine (C=N–C) groups is 1. The molecular formula is C17H28N3O3P. The van der Waals surface area contributed by atoms with Crippen molar-refractivity contribution in [3.8, 4) is 0 Å². The monoisotopic (exact) mass is 353 g/mol. The lowest BCUT2D eigenvalue weighted by Crippen LogP contribution is -2.38. The molecule has 2 aliphatic heterocycles. The predicted molar refractivity (Wildman–Crippen MR) is 101 cm³/mol. The number of hydrogen-bond donors (Lipinski definition) is 2. The molecule has 0 aromatic heterocycles. The molecule has 24 heavy (non-hydrogen) atoms.